The third-order valence-corrected chi connectivity index (χ3v) is 5.61. The highest BCUT2D eigenvalue weighted by atomic mass is 32.1. The number of carbonyl (C=O) groups excluding carboxylic acids is 2. The molecule has 1 aromatic heterocycles. The van der Waals surface area contributed by atoms with Crippen LogP contribution in [0.3, 0.4) is 0 Å². The minimum absolute atomic E-state index is 0.129. The molecule has 1 N–H and O–H groups in total. The van der Waals surface area contributed by atoms with Crippen molar-refractivity contribution in [2.45, 2.75) is 45.3 Å². The van der Waals surface area contributed by atoms with Crippen LogP contribution in [0.25, 0.3) is 10.2 Å². The number of fused-ring (bicyclic) bond motifs is 1. The van der Waals surface area contributed by atoms with Crippen molar-refractivity contribution in [3.05, 3.63) is 71.8 Å². The quantitative estimate of drug-likeness (QED) is 0.419. The average molecular weight is 488 g/mol. The minimum atomic E-state index is -1.13. The fourth-order valence-electron chi connectivity index (χ4n) is 3.40. The highest BCUT2D eigenvalue weighted by molar-refractivity contribution is 7.16. The average Bonchev–Trinajstić information content (AvgIpc) is 3.19. The number of benzene rings is 2. The zero-order valence-corrected chi connectivity index (χ0v) is 20.1. The summed E-state index contributed by atoms with van der Waals surface area (Å²) < 4.78 is 33.9. The molecule has 3 aromatic rings. The van der Waals surface area contributed by atoms with Crippen LogP contribution in [0.4, 0.5) is 19.3 Å². The van der Waals surface area contributed by atoms with E-state index in [0.717, 1.165) is 28.4 Å². The fraction of sp³-hybridized carbons (Fsp3) is 0.320. The molecular formula is C25H27F2N3O3S. The van der Waals surface area contributed by atoms with Gasteiger partial charge in [-0.05, 0) is 63.1 Å². The molecule has 0 aliphatic heterocycles. The van der Waals surface area contributed by atoms with Gasteiger partial charge in [-0.1, -0.05) is 6.08 Å². The fourth-order valence-corrected chi connectivity index (χ4v) is 4.06. The molecular weight excluding hydrogens is 460 g/mol. The number of ether oxygens (including phenoxy) is 1. The largest absolute Gasteiger partial charge is 0.444 e. The first-order chi connectivity index (χ1) is 16.1. The Kier molecular flexibility index (Phi) is 7.98. The molecule has 0 unspecified atom stereocenters. The Hall–Kier alpha value is -3.33. The van der Waals surface area contributed by atoms with Crippen LogP contribution < -0.4 is 10.2 Å². The van der Waals surface area contributed by atoms with Crippen LogP contribution in [0.2, 0.25) is 0 Å². The predicted octanol–water partition coefficient (Wildman–Crippen LogP) is 5.62. The third kappa shape index (κ3) is 6.84. The lowest BCUT2D eigenvalue weighted by atomic mass is 10.0. The normalized spacial score (nSPS) is 12.3. The Morgan fingerprint density at radius 3 is 2.56 bits per heavy atom. The molecule has 0 spiro atoms. The third-order valence-electron chi connectivity index (χ3n) is 4.80. The molecule has 1 atom stereocenters. The van der Waals surface area contributed by atoms with Gasteiger partial charge in [-0.15, -0.1) is 17.9 Å². The number of anilines is 1. The Balaban J connectivity index is 1.95. The van der Waals surface area contributed by atoms with Crippen LogP contribution in [0, 0.1) is 11.6 Å². The van der Waals surface area contributed by atoms with Gasteiger partial charge in [-0.3, -0.25) is 4.79 Å². The molecule has 34 heavy (non-hydrogen) atoms. The molecule has 0 bridgehead atoms. The van der Waals surface area contributed by atoms with Gasteiger partial charge < -0.3 is 15.0 Å². The van der Waals surface area contributed by atoms with E-state index in [0.29, 0.717) is 18.7 Å². The zero-order chi connectivity index (χ0) is 24.9. The Labute approximate surface area is 201 Å². The second-order valence-corrected chi connectivity index (χ2v) is 9.64. The standard InChI is InChI=1S/C25H27F2N3O3S/c1-5-6-9-30(19-7-8-22-20(14-19)28-15-34-22)23(31)21(29-24(32)33-25(2,3)4)12-16-10-17(26)13-18(27)11-16/h5,7-8,10-11,13-15,21H,1,6,9,12H2,2-4H3,(H,29,32)/t21-/m0/s1. The van der Waals surface area contributed by atoms with Crippen LogP contribution in [0.1, 0.15) is 32.8 Å². The Morgan fingerprint density at radius 2 is 1.91 bits per heavy atom. The van der Waals surface area contributed by atoms with Gasteiger partial charge in [0.25, 0.3) is 0 Å². The second kappa shape index (κ2) is 10.7. The van der Waals surface area contributed by atoms with Crippen molar-refractivity contribution in [3.63, 3.8) is 0 Å². The van der Waals surface area contributed by atoms with Crippen LogP contribution in [0.15, 0.2) is 54.6 Å². The van der Waals surface area contributed by atoms with Crippen LogP contribution in [0.5, 0.6) is 0 Å². The number of halogens is 2. The summed E-state index contributed by atoms with van der Waals surface area (Å²) in [4.78, 5) is 32.1. The Bertz CT molecular complexity index is 1170. The lowest BCUT2D eigenvalue weighted by molar-refractivity contribution is -0.120. The maximum atomic E-state index is 13.8. The number of amides is 2. The first-order valence-corrected chi connectivity index (χ1v) is 11.6. The van der Waals surface area contributed by atoms with E-state index in [2.05, 4.69) is 16.9 Å². The first-order valence-electron chi connectivity index (χ1n) is 10.8. The summed E-state index contributed by atoms with van der Waals surface area (Å²) in [6.45, 7) is 9.12. The molecule has 0 saturated carbocycles. The van der Waals surface area contributed by atoms with Crippen molar-refractivity contribution in [3.8, 4) is 0 Å². The lowest BCUT2D eigenvalue weighted by Gasteiger charge is -2.29. The maximum absolute atomic E-state index is 13.8. The van der Waals surface area contributed by atoms with Crippen molar-refractivity contribution < 1.29 is 23.1 Å². The summed E-state index contributed by atoms with van der Waals surface area (Å²) in [5.74, 6) is -1.99. The van der Waals surface area contributed by atoms with Gasteiger partial charge in [0.2, 0.25) is 5.91 Å². The molecule has 9 heteroatoms. The van der Waals surface area contributed by atoms with Crippen molar-refractivity contribution >= 4 is 39.2 Å². The Morgan fingerprint density at radius 1 is 1.21 bits per heavy atom. The van der Waals surface area contributed by atoms with E-state index in [-0.39, 0.29) is 12.0 Å². The number of nitrogens with one attached hydrogen (secondary N) is 1. The topological polar surface area (TPSA) is 71.5 Å². The van der Waals surface area contributed by atoms with E-state index >= 15 is 0 Å². The van der Waals surface area contributed by atoms with Crippen LogP contribution in [-0.2, 0) is 16.0 Å². The molecule has 0 radical (unpaired) electrons. The predicted molar refractivity (Wildman–Crippen MR) is 130 cm³/mol. The van der Waals surface area contributed by atoms with E-state index in [1.807, 2.05) is 6.07 Å². The van der Waals surface area contributed by atoms with Gasteiger partial charge >= 0.3 is 6.09 Å². The van der Waals surface area contributed by atoms with E-state index in [1.165, 1.54) is 16.2 Å². The maximum Gasteiger partial charge on any atom is 0.408 e. The summed E-state index contributed by atoms with van der Waals surface area (Å²) in [5, 5.41) is 2.58. The van der Waals surface area contributed by atoms with Crippen LogP contribution >= 0.6 is 11.3 Å². The van der Waals surface area contributed by atoms with Gasteiger partial charge in [-0.25, -0.2) is 18.6 Å². The molecule has 0 aliphatic carbocycles. The van der Waals surface area contributed by atoms with Crippen molar-refractivity contribution in [1.29, 1.82) is 0 Å². The van der Waals surface area contributed by atoms with Gasteiger partial charge in [0, 0.05) is 24.7 Å². The number of carbonyl (C=O) groups is 2. The first kappa shape index (κ1) is 25.3. The van der Waals surface area contributed by atoms with Gasteiger partial charge in [0.05, 0.1) is 15.7 Å². The summed E-state index contributed by atoms with van der Waals surface area (Å²) in [5.41, 5.74) is 2.48. The molecule has 0 fully saturated rings. The number of nitrogens with zero attached hydrogens (tertiary/aromatic N) is 2. The van der Waals surface area contributed by atoms with Crippen LogP contribution in [-0.4, -0.2) is 35.2 Å². The molecule has 3 rings (SSSR count). The number of thiazole rings is 1. The van der Waals surface area contributed by atoms with Gasteiger partial charge in [0.1, 0.15) is 23.3 Å². The number of alkyl carbamates (subject to hydrolysis) is 1. The number of rotatable bonds is 8. The van der Waals surface area contributed by atoms with E-state index in [9.17, 15) is 18.4 Å². The van der Waals surface area contributed by atoms with Crippen molar-refractivity contribution in [2.75, 3.05) is 11.4 Å². The molecule has 0 aliphatic rings. The lowest BCUT2D eigenvalue weighted by Crippen LogP contribution is -2.51. The summed E-state index contributed by atoms with van der Waals surface area (Å²) >= 11 is 1.48. The van der Waals surface area contributed by atoms with E-state index in [1.54, 1.807) is 44.5 Å². The van der Waals surface area contributed by atoms with Crippen molar-refractivity contribution in [1.82, 2.24) is 10.3 Å². The van der Waals surface area contributed by atoms with E-state index in [4.69, 9.17) is 4.74 Å². The minimum Gasteiger partial charge on any atom is -0.444 e. The molecule has 1 heterocycles. The molecule has 6 nitrogen and oxygen atoms in total. The molecule has 0 saturated heterocycles. The summed E-state index contributed by atoms with van der Waals surface area (Å²) in [6, 6.07) is 7.35. The summed E-state index contributed by atoms with van der Waals surface area (Å²) in [7, 11) is 0. The van der Waals surface area contributed by atoms with Crippen molar-refractivity contribution in [2.24, 2.45) is 0 Å². The number of aromatic nitrogens is 1. The van der Waals surface area contributed by atoms with E-state index < -0.39 is 35.3 Å². The number of hydrogen-bond donors (Lipinski definition) is 1. The molecule has 2 amide bonds. The monoisotopic (exact) mass is 487 g/mol. The highest BCUT2D eigenvalue weighted by Gasteiger charge is 2.29. The van der Waals surface area contributed by atoms with Gasteiger partial charge in [-0.2, -0.15) is 0 Å². The van der Waals surface area contributed by atoms with Gasteiger partial charge in [0.15, 0.2) is 0 Å². The smallest absolute Gasteiger partial charge is 0.408 e. The SMILES string of the molecule is C=CCCN(C(=O)[C@H](Cc1cc(F)cc(F)c1)NC(=O)OC(C)(C)C)c1ccc2scnc2c1. The zero-order valence-electron chi connectivity index (χ0n) is 19.3. The number of hydrogen-bond acceptors (Lipinski definition) is 5. The molecule has 180 valence electrons. The summed E-state index contributed by atoms with van der Waals surface area (Å²) in [6.07, 6.45) is 1.24. The highest BCUT2D eigenvalue weighted by Crippen LogP contribution is 2.25. The second-order valence-electron chi connectivity index (χ2n) is 8.75. The molecule has 2 aromatic carbocycles.